The van der Waals surface area contributed by atoms with E-state index in [4.69, 9.17) is 37.2 Å². The Hall–Kier alpha value is 0.690. The molecule has 0 atom stereocenters. The third-order valence-electron chi connectivity index (χ3n) is 0.766. The van der Waals surface area contributed by atoms with Crippen molar-refractivity contribution in [1.29, 1.82) is 0 Å². The summed E-state index contributed by atoms with van der Waals surface area (Å²) in [6.07, 6.45) is 0.502. The summed E-state index contributed by atoms with van der Waals surface area (Å²) in [5, 5.41) is 8.19. The van der Waals surface area contributed by atoms with E-state index in [0.29, 0.717) is 12.2 Å². The van der Waals surface area contributed by atoms with Crippen LogP contribution in [-0.4, -0.2) is 16.8 Å². The highest BCUT2D eigenvalue weighted by atomic mass is 36.2. The molecule has 0 saturated carbocycles. The van der Waals surface area contributed by atoms with Gasteiger partial charge >= 0.3 is 5.97 Å². The molecule has 0 aliphatic rings. The molecule has 0 aliphatic carbocycles. The monoisotopic (exact) mass is 224 g/mol. The van der Waals surface area contributed by atoms with Gasteiger partial charge < -0.3 is 5.11 Å². The van der Waals surface area contributed by atoms with Crippen LogP contribution in [0.5, 0.6) is 0 Å². The van der Waals surface area contributed by atoms with Crippen LogP contribution in [0, 0.1) is 0 Å². The third-order valence-corrected chi connectivity index (χ3v) is 2.91. The van der Waals surface area contributed by atoms with E-state index in [0.717, 1.165) is 0 Å². The molecule has 0 spiro atoms. The van der Waals surface area contributed by atoms with Crippen molar-refractivity contribution in [2.75, 3.05) is 5.75 Å². The maximum absolute atomic E-state index is 9.97. The molecule has 0 saturated heterocycles. The van der Waals surface area contributed by atoms with E-state index < -0.39 is 13.6 Å². The molecule has 0 bridgehead atoms. The van der Waals surface area contributed by atoms with Crippen LogP contribution in [0.1, 0.15) is 12.8 Å². The van der Waals surface area contributed by atoms with Crippen molar-refractivity contribution in [1.82, 2.24) is 0 Å². The van der Waals surface area contributed by atoms with Gasteiger partial charge in [0.2, 0.25) is 0 Å². The summed E-state index contributed by atoms with van der Waals surface area (Å²) in [5.41, 5.74) is 0. The number of hydrogen-bond donors (Lipinski definition) is 1. The first-order chi connectivity index (χ1) is 4.42. The molecule has 6 heteroatoms. The van der Waals surface area contributed by atoms with Crippen molar-refractivity contribution in [2.45, 2.75) is 12.8 Å². The van der Waals surface area contributed by atoms with Crippen molar-refractivity contribution in [3.8, 4) is 0 Å². The van der Waals surface area contributed by atoms with Gasteiger partial charge in [-0.05, 0) is 46.1 Å². The van der Waals surface area contributed by atoms with Crippen molar-refractivity contribution in [2.24, 2.45) is 0 Å². The summed E-state index contributed by atoms with van der Waals surface area (Å²) in [4.78, 5) is 9.97. The lowest BCUT2D eigenvalue weighted by molar-refractivity contribution is -0.137. The van der Waals surface area contributed by atoms with Gasteiger partial charge in [-0.15, -0.1) is 0 Å². The van der Waals surface area contributed by atoms with Gasteiger partial charge in [0, 0.05) is 12.2 Å². The molecule has 0 aliphatic heterocycles. The summed E-state index contributed by atoms with van der Waals surface area (Å²) < 4.78 is 0. The molecule has 0 aromatic carbocycles. The Morgan fingerprint density at radius 2 is 1.90 bits per heavy atom. The molecule has 1 N–H and O–H groups in total. The SMILES string of the molecule is O=C(O)CCCS(Cl)(Cl)Cl. The van der Waals surface area contributed by atoms with Gasteiger partial charge in [-0.2, -0.15) is 0 Å². The number of hydrogen-bond acceptors (Lipinski definition) is 1. The average molecular weight is 226 g/mol. The summed E-state index contributed by atoms with van der Waals surface area (Å²) in [6, 6.07) is 0. The first-order valence-electron chi connectivity index (χ1n) is 2.53. The fourth-order valence-electron chi connectivity index (χ4n) is 0.387. The molecule has 62 valence electrons. The van der Waals surface area contributed by atoms with Gasteiger partial charge in [0.25, 0.3) is 0 Å². The Labute approximate surface area is 74.3 Å². The largest absolute Gasteiger partial charge is 0.481 e. The number of carboxylic acids is 1. The van der Waals surface area contributed by atoms with Crippen LogP contribution in [0.25, 0.3) is 0 Å². The molecule has 2 nitrogen and oxygen atoms in total. The molecule has 0 aromatic rings. The first kappa shape index (κ1) is 10.7. The maximum atomic E-state index is 9.97. The number of carboxylic acid groups (broad SMARTS) is 1. The maximum Gasteiger partial charge on any atom is 0.303 e. The molecule has 0 amide bonds. The second-order valence-corrected chi connectivity index (χ2v) is 9.28. The Bertz CT molecular complexity index is 122. The molecular weight excluding hydrogens is 218 g/mol. The summed E-state index contributed by atoms with van der Waals surface area (Å²) in [5.74, 6) is -0.488. The summed E-state index contributed by atoms with van der Waals surface area (Å²) >= 11 is 0. The minimum absolute atomic E-state index is 0.0703. The van der Waals surface area contributed by atoms with Crippen molar-refractivity contribution < 1.29 is 9.90 Å². The van der Waals surface area contributed by atoms with Crippen molar-refractivity contribution >= 4 is 45.7 Å². The number of rotatable bonds is 4. The quantitative estimate of drug-likeness (QED) is 0.798. The van der Waals surface area contributed by atoms with Crippen molar-refractivity contribution in [3.63, 3.8) is 0 Å². The van der Waals surface area contributed by atoms with Crippen LogP contribution in [0.4, 0.5) is 0 Å². The van der Waals surface area contributed by atoms with Crippen LogP contribution in [0.15, 0.2) is 0 Å². The summed E-state index contributed by atoms with van der Waals surface area (Å²) in [7, 11) is 14.2. The molecule has 0 rings (SSSR count). The highest BCUT2D eigenvalue weighted by Gasteiger charge is 2.12. The highest BCUT2D eigenvalue weighted by Crippen LogP contribution is 2.63. The zero-order valence-corrected chi connectivity index (χ0v) is 8.10. The lowest BCUT2D eigenvalue weighted by Crippen LogP contribution is -1.96. The van der Waals surface area contributed by atoms with Crippen LogP contribution < -0.4 is 0 Å². The zero-order valence-electron chi connectivity index (χ0n) is 5.02. The Morgan fingerprint density at radius 1 is 1.40 bits per heavy atom. The minimum Gasteiger partial charge on any atom is -0.481 e. The molecule has 0 radical (unpaired) electrons. The normalized spacial score (nSPS) is 13.1. The molecular formula is C4H7Cl3O2S. The smallest absolute Gasteiger partial charge is 0.303 e. The second kappa shape index (κ2) is 4.54. The molecule has 0 unspecified atom stereocenters. The number of carbonyl (C=O) groups is 1. The Balaban J connectivity index is 3.29. The topological polar surface area (TPSA) is 37.3 Å². The van der Waals surface area contributed by atoms with Crippen LogP contribution in [0.2, 0.25) is 0 Å². The van der Waals surface area contributed by atoms with E-state index in [1.54, 1.807) is 0 Å². The van der Waals surface area contributed by atoms with E-state index in [-0.39, 0.29) is 6.42 Å². The number of aliphatic carboxylic acids is 1. The van der Waals surface area contributed by atoms with E-state index in [1.807, 2.05) is 0 Å². The van der Waals surface area contributed by atoms with Crippen LogP contribution in [0.3, 0.4) is 0 Å². The minimum atomic E-state index is -2.07. The van der Waals surface area contributed by atoms with E-state index in [9.17, 15) is 4.79 Å². The van der Waals surface area contributed by atoms with Gasteiger partial charge in [-0.1, -0.05) is 0 Å². The lowest BCUT2D eigenvalue weighted by atomic mass is 10.3. The van der Waals surface area contributed by atoms with E-state index >= 15 is 0 Å². The van der Waals surface area contributed by atoms with Gasteiger partial charge in [0.05, 0.1) is 0 Å². The van der Waals surface area contributed by atoms with Crippen LogP contribution in [-0.2, 0) is 4.79 Å². The zero-order chi connectivity index (χ0) is 8.20. The highest BCUT2D eigenvalue weighted by molar-refractivity contribution is 8.79. The molecule has 0 heterocycles. The first-order valence-corrected chi connectivity index (χ1v) is 6.81. The predicted octanol–water partition coefficient (Wildman–Crippen LogP) is 3.12. The lowest BCUT2D eigenvalue weighted by Gasteiger charge is -2.13. The van der Waals surface area contributed by atoms with Gasteiger partial charge in [-0.25, -0.2) is 0 Å². The Kier molecular flexibility index (Phi) is 4.86. The van der Waals surface area contributed by atoms with E-state index in [2.05, 4.69) is 0 Å². The second-order valence-electron chi connectivity index (χ2n) is 1.70. The molecule has 0 aromatic heterocycles. The van der Waals surface area contributed by atoms with Crippen molar-refractivity contribution in [3.05, 3.63) is 0 Å². The predicted molar refractivity (Wildman–Crippen MR) is 46.9 cm³/mol. The summed E-state index contributed by atoms with van der Waals surface area (Å²) in [6.45, 7) is 0. The standard InChI is InChI=1S/C4H7Cl3O2S/c5-10(6,7)3-1-2-4(8)9/h1-3H2,(H,8,9). The Morgan fingerprint density at radius 3 is 2.20 bits per heavy atom. The van der Waals surface area contributed by atoms with E-state index in [1.165, 1.54) is 0 Å². The molecule has 10 heavy (non-hydrogen) atoms. The third kappa shape index (κ3) is 8.69. The van der Waals surface area contributed by atoms with Gasteiger partial charge in [0.1, 0.15) is 0 Å². The van der Waals surface area contributed by atoms with Gasteiger partial charge in [-0.3, -0.25) is 4.79 Å². The fourth-order valence-corrected chi connectivity index (χ4v) is 1.84. The number of halogens is 3. The average Bonchev–Trinajstić information content (AvgIpc) is 1.59. The van der Waals surface area contributed by atoms with Crippen LogP contribution >= 0.6 is 39.7 Å². The fraction of sp³-hybridized carbons (Fsp3) is 0.750. The molecule has 0 fully saturated rings. The van der Waals surface area contributed by atoms with Gasteiger partial charge in [0.15, 0.2) is 0 Å².